The molecule has 41 heavy (non-hydrogen) atoms. The van der Waals surface area contributed by atoms with Crippen LogP contribution in [0.25, 0.3) is 72.5 Å². The maximum Gasteiger partial charge on any atom is 0.137 e. The molecule has 0 radical (unpaired) electrons. The highest BCUT2D eigenvalue weighted by Crippen LogP contribution is 2.34. The number of pyridine rings is 4. The Morgan fingerprint density at radius 3 is 1.85 bits per heavy atom. The Morgan fingerprint density at radius 2 is 1.10 bits per heavy atom. The lowest BCUT2D eigenvalue weighted by Crippen LogP contribution is -1.92. The highest BCUT2D eigenvalue weighted by Gasteiger charge is 2.16. The number of imidazole rings is 1. The molecule has 0 aliphatic heterocycles. The number of fused-ring (bicyclic) bond motifs is 5. The van der Waals surface area contributed by atoms with Gasteiger partial charge in [-0.25, -0.2) is 15.0 Å². The largest absolute Gasteiger partial charge is 0.298 e. The summed E-state index contributed by atoms with van der Waals surface area (Å²) in [5.74, 6) is 0. The van der Waals surface area contributed by atoms with E-state index in [1.807, 2.05) is 60.7 Å². The highest BCUT2D eigenvalue weighted by molar-refractivity contribution is 6.09. The van der Waals surface area contributed by atoms with Gasteiger partial charge in [-0.2, -0.15) is 0 Å². The van der Waals surface area contributed by atoms with E-state index >= 15 is 0 Å². The van der Waals surface area contributed by atoms with Crippen molar-refractivity contribution >= 4 is 27.6 Å². The summed E-state index contributed by atoms with van der Waals surface area (Å²) in [4.78, 5) is 19.1. The Balaban J connectivity index is 1.15. The number of nitrogens with zero attached hydrogens (tertiary/aromatic N) is 5. The summed E-state index contributed by atoms with van der Waals surface area (Å²) >= 11 is 0. The maximum atomic E-state index is 5.10. The van der Waals surface area contributed by atoms with Gasteiger partial charge in [0.2, 0.25) is 0 Å². The van der Waals surface area contributed by atoms with Crippen LogP contribution in [0, 0.1) is 0 Å². The maximum absolute atomic E-state index is 5.10. The van der Waals surface area contributed by atoms with Crippen LogP contribution in [0.1, 0.15) is 0 Å². The molecule has 0 saturated carbocycles. The van der Waals surface area contributed by atoms with Crippen LogP contribution in [-0.2, 0) is 0 Å². The van der Waals surface area contributed by atoms with E-state index in [0.29, 0.717) is 0 Å². The van der Waals surface area contributed by atoms with Crippen molar-refractivity contribution in [2.45, 2.75) is 0 Å². The monoisotopic (exact) mass is 525 g/mol. The molecule has 5 heterocycles. The second-order valence-corrected chi connectivity index (χ2v) is 10.0. The number of benzene rings is 3. The first-order valence-electron chi connectivity index (χ1n) is 13.6. The molecule has 0 fully saturated rings. The van der Waals surface area contributed by atoms with E-state index in [0.717, 1.165) is 72.5 Å². The first kappa shape index (κ1) is 23.2. The molecule has 0 unspecified atom stereocenters. The Hall–Kier alpha value is -5.68. The Morgan fingerprint density at radius 1 is 0.463 bits per heavy atom. The van der Waals surface area contributed by atoms with E-state index in [1.54, 1.807) is 12.4 Å². The minimum atomic E-state index is 0.916. The number of hydrogen-bond donors (Lipinski definition) is 0. The fourth-order valence-electron chi connectivity index (χ4n) is 5.49. The number of rotatable bonds is 4. The van der Waals surface area contributed by atoms with Crippen LogP contribution in [-0.4, -0.2) is 24.3 Å². The summed E-state index contributed by atoms with van der Waals surface area (Å²) < 4.78 is 2.13. The Kier molecular flexibility index (Phi) is 5.38. The zero-order valence-electron chi connectivity index (χ0n) is 22.0. The first-order chi connectivity index (χ1) is 20.3. The standard InChI is InChI=1S/C36H23N5/c1-2-7-32-29(6-1)35-36(41-23-4-3-10-33(41)40-35)34(39-32)28-17-13-25(14-18-28)24-11-15-26(16-12-24)30-8-5-9-31(38-30)27-19-21-37-22-20-27/h1-23H. The molecule has 8 rings (SSSR count). The molecule has 3 aromatic carbocycles. The summed E-state index contributed by atoms with van der Waals surface area (Å²) in [6.07, 6.45) is 5.64. The summed E-state index contributed by atoms with van der Waals surface area (Å²) in [7, 11) is 0. The molecule has 5 heteroatoms. The van der Waals surface area contributed by atoms with Gasteiger partial charge in [-0.3, -0.25) is 9.38 Å². The summed E-state index contributed by atoms with van der Waals surface area (Å²) in [6, 6.07) is 41.6. The molecule has 0 aliphatic carbocycles. The van der Waals surface area contributed by atoms with Crippen LogP contribution in [0.2, 0.25) is 0 Å². The lowest BCUT2D eigenvalue weighted by atomic mass is 9.99. The van der Waals surface area contributed by atoms with Crippen LogP contribution < -0.4 is 0 Å². The third-order valence-electron chi connectivity index (χ3n) is 7.54. The molecule has 0 saturated heterocycles. The zero-order valence-corrected chi connectivity index (χ0v) is 22.0. The average molecular weight is 526 g/mol. The quantitative estimate of drug-likeness (QED) is 0.231. The van der Waals surface area contributed by atoms with Gasteiger partial charge in [-0.15, -0.1) is 0 Å². The molecule has 0 aliphatic rings. The molecule has 0 atom stereocenters. The molecular weight excluding hydrogens is 502 g/mol. The van der Waals surface area contributed by atoms with Crippen LogP contribution in [0.5, 0.6) is 0 Å². The van der Waals surface area contributed by atoms with Crippen molar-refractivity contribution in [3.63, 3.8) is 0 Å². The lowest BCUT2D eigenvalue weighted by Gasteiger charge is -2.09. The first-order valence-corrected chi connectivity index (χ1v) is 13.6. The van der Waals surface area contributed by atoms with Gasteiger partial charge in [0.15, 0.2) is 0 Å². The van der Waals surface area contributed by atoms with E-state index in [-0.39, 0.29) is 0 Å². The smallest absolute Gasteiger partial charge is 0.137 e. The van der Waals surface area contributed by atoms with Crippen molar-refractivity contribution in [1.82, 2.24) is 24.3 Å². The summed E-state index contributed by atoms with van der Waals surface area (Å²) in [5, 5.41) is 1.06. The Labute approximate surface area is 236 Å². The minimum Gasteiger partial charge on any atom is -0.298 e. The fraction of sp³-hybridized carbons (Fsp3) is 0. The van der Waals surface area contributed by atoms with Crippen molar-refractivity contribution in [3.8, 4) is 44.9 Å². The van der Waals surface area contributed by atoms with Gasteiger partial charge in [0, 0.05) is 40.7 Å². The molecule has 192 valence electrons. The molecule has 5 aromatic heterocycles. The molecule has 8 aromatic rings. The second-order valence-electron chi connectivity index (χ2n) is 10.0. The van der Waals surface area contributed by atoms with Crippen molar-refractivity contribution in [2.24, 2.45) is 0 Å². The Bertz CT molecular complexity index is 2180. The van der Waals surface area contributed by atoms with E-state index < -0.39 is 0 Å². The SMILES string of the molecule is c1cc(-c2ccncc2)nc(-c2ccc(-c3ccc(-c4nc5ccccc5c5nc6ccccn6c45)cc3)cc2)c1. The number of hydrogen-bond acceptors (Lipinski definition) is 4. The van der Waals surface area contributed by atoms with Gasteiger partial charge in [0.05, 0.1) is 28.1 Å². The average Bonchev–Trinajstić information content (AvgIpc) is 3.45. The van der Waals surface area contributed by atoms with E-state index in [9.17, 15) is 0 Å². The van der Waals surface area contributed by atoms with Crippen molar-refractivity contribution in [1.29, 1.82) is 0 Å². The van der Waals surface area contributed by atoms with Gasteiger partial charge in [-0.1, -0.05) is 78.9 Å². The van der Waals surface area contributed by atoms with Gasteiger partial charge in [0.25, 0.3) is 0 Å². The predicted octanol–water partition coefficient (Wildman–Crippen LogP) is 8.49. The molecular formula is C36H23N5. The summed E-state index contributed by atoms with van der Waals surface area (Å²) in [6.45, 7) is 0. The topological polar surface area (TPSA) is 56.0 Å². The molecule has 0 N–H and O–H groups in total. The van der Waals surface area contributed by atoms with E-state index in [1.165, 1.54) is 0 Å². The van der Waals surface area contributed by atoms with Gasteiger partial charge < -0.3 is 0 Å². The second kappa shape index (κ2) is 9.50. The fourth-order valence-corrected chi connectivity index (χ4v) is 5.49. The molecule has 5 nitrogen and oxygen atoms in total. The molecule has 0 spiro atoms. The third kappa shape index (κ3) is 4.03. The van der Waals surface area contributed by atoms with Crippen LogP contribution in [0.15, 0.2) is 140 Å². The van der Waals surface area contributed by atoms with Crippen LogP contribution in [0.4, 0.5) is 0 Å². The molecule has 0 bridgehead atoms. The van der Waals surface area contributed by atoms with E-state index in [4.69, 9.17) is 15.0 Å². The minimum absolute atomic E-state index is 0.916. The van der Waals surface area contributed by atoms with Crippen LogP contribution in [0.3, 0.4) is 0 Å². The highest BCUT2D eigenvalue weighted by atomic mass is 15.0. The van der Waals surface area contributed by atoms with Crippen molar-refractivity contribution in [2.75, 3.05) is 0 Å². The van der Waals surface area contributed by atoms with Gasteiger partial charge in [-0.05, 0) is 53.6 Å². The van der Waals surface area contributed by atoms with Gasteiger partial charge in [0.1, 0.15) is 11.2 Å². The number of para-hydroxylation sites is 1. The molecule has 0 amide bonds. The zero-order chi connectivity index (χ0) is 27.2. The normalized spacial score (nSPS) is 11.4. The number of aromatic nitrogens is 5. The lowest BCUT2D eigenvalue weighted by molar-refractivity contribution is 1.22. The third-order valence-corrected chi connectivity index (χ3v) is 7.54. The van der Waals surface area contributed by atoms with Crippen molar-refractivity contribution < 1.29 is 0 Å². The van der Waals surface area contributed by atoms with Crippen molar-refractivity contribution in [3.05, 3.63) is 140 Å². The van der Waals surface area contributed by atoms with Gasteiger partial charge >= 0.3 is 0 Å². The predicted molar refractivity (Wildman–Crippen MR) is 165 cm³/mol. The van der Waals surface area contributed by atoms with Crippen LogP contribution >= 0.6 is 0 Å². The van der Waals surface area contributed by atoms with E-state index in [2.05, 4.69) is 76.2 Å². The summed E-state index contributed by atoms with van der Waals surface area (Å²) in [5.41, 5.74) is 12.2.